The van der Waals surface area contributed by atoms with Gasteiger partial charge in [0.15, 0.2) is 0 Å². The molecule has 8 heteroatoms. The third-order valence-corrected chi connectivity index (χ3v) is 9.20. The SMILES string of the molecule is CCN(C1CCCCC1)S(=O)(=O)c1ccc(C(=O)Nc2c3c(nn2-c2ccccc2)CCC3)cc1. The largest absolute Gasteiger partial charge is 0.306 e. The van der Waals surface area contributed by atoms with Gasteiger partial charge in [0.05, 0.1) is 16.3 Å². The van der Waals surface area contributed by atoms with Crippen molar-refractivity contribution in [3.05, 3.63) is 71.4 Å². The van der Waals surface area contributed by atoms with Gasteiger partial charge in [-0.2, -0.15) is 9.40 Å². The Kier molecular flexibility index (Phi) is 6.75. The number of nitrogens with zero attached hydrogens (tertiary/aromatic N) is 3. The number of para-hydroxylation sites is 1. The third-order valence-electron chi connectivity index (χ3n) is 7.16. The predicted molar refractivity (Wildman–Crippen MR) is 136 cm³/mol. The van der Waals surface area contributed by atoms with E-state index in [0.29, 0.717) is 17.9 Å². The summed E-state index contributed by atoms with van der Waals surface area (Å²) >= 11 is 0. The average Bonchev–Trinajstić information content (AvgIpc) is 3.48. The molecule has 0 radical (unpaired) electrons. The van der Waals surface area contributed by atoms with E-state index in [1.165, 1.54) is 6.42 Å². The van der Waals surface area contributed by atoms with Crippen molar-refractivity contribution in [2.45, 2.75) is 69.2 Å². The van der Waals surface area contributed by atoms with Crippen molar-refractivity contribution >= 4 is 21.7 Å². The zero-order chi connectivity index (χ0) is 24.4. The molecular formula is C27H32N4O3S. The highest BCUT2D eigenvalue weighted by atomic mass is 32.2. The second-order valence-corrected chi connectivity index (χ2v) is 11.2. The Labute approximate surface area is 207 Å². The molecule has 2 aliphatic rings. The molecule has 3 aromatic rings. The summed E-state index contributed by atoms with van der Waals surface area (Å²) in [6.07, 6.45) is 7.93. The van der Waals surface area contributed by atoms with Crippen molar-refractivity contribution < 1.29 is 13.2 Å². The Balaban J connectivity index is 1.38. The van der Waals surface area contributed by atoms with Gasteiger partial charge in [0.25, 0.3) is 5.91 Å². The van der Waals surface area contributed by atoms with Gasteiger partial charge >= 0.3 is 0 Å². The maximum atomic E-state index is 13.3. The molecule has 0 bridgehead atoms. The molecule has 1 N–H and O–H groups in total. The van der Waals surface area contributed by atoms with Crippen molar-refractivity contribution in [2.75, 3.05) is 11.9 Å². The van der Waals surface area contributed by atoms with Gasteiger partial charge in [-0.25, -0.2) is 13.1 Å². The molecule has 0 atom stereocenters. The maximum Gasteiger partial charge on any atom is 0.256 e. The van der Waals surface area contributed by atoms with Crippen LogP contribution in [0.3, 0.4) is 0 Å². The minimum atomic E-state index is -3.61. The van der Waals surface area contributed by atoms with Gasteiger partial charge in [0, 0.05) is 23.7 Å². The van der Waals surface area contributed by atoms with Crippen molar-refractivity contribution in [3.8, 4) is 5.69 Å². The summed E-state index contributed by atoms with van der Waals surface area (Å²) in [5.41, 5.74) is 3.40. The summed E-state index contributed by atoms with van der Waals surface area (Å²) in [7, 11) is -3.61. The number of amides is 1. The van der Waals surface area contributed by atoms with Crippen LogP contribution in [-0.4, -0.2) is 41.0 Å². The summed E-state index contributed by atoms with van der Waals surface area (Å²) in [6.45, 7) is 2.34. The predicted octanol–water partition coefficient (Wildman–Crippen LogP) is 4.96. The molecule has 2 aromatic carbocycles. The molecule has 0 unspecified atom stereocenters. The number of anilines is 1. The van der Waals surface area contributed by atoms with E-state index in [2.05, 4.69) is 5.32 Å². The molecule has 1 amide bonds. The van der Waals surface area contributed by atoms with E-state index in [0.717, 1.165) is 61.9 Å². The van der Waals surface area contributed by atoms with Crippen LogP contribution in [0.2, 0.25) is 0 Å². The molecule has 1 heterocycles. The van der Waals surface area contributed by atoms with Gasteiger partial charge in [-0.1, -0.05) is 44.4 Å². The first kappa shape index (κ1) is 23.8. The number of benzene rings is 2. The Morgan fingerprint density at radius 2 is 1.71 bits per heavy atom. The standard InChI is InChI=1S/C27H32N4O3S/c1-2-30(21-10-5-3-6-11-21)35(33,34)23-18-16-20(17-19-23)27(32)28-26-24-14-9-15-25(24)29-31(26)22-12-7-4-8-13-22/h4,7-8,12-13,16-19,21H,2-3,5-6,9-11,14-15H2,1H3,(H,28,32). The summed E-state index contributed by atoms with van der Waals surface area (Å²) in [5, 5.41) is 7.80. The lowest BCUT2D eigenvalue weighted by Gasteiger charge is -2.32. The fraction of sp³-hybridized carbons (Fsp3) is 0.407. The van der Waals surface area contributed by atoms with Crippen LogP contribution in [0.1, 0.15) is 67.1 Å². The first-order valence-corrected chi connectivity index (χ1v) is 14.0. The summed E-state index contributed by atoms with van der Waals surface area (Å²) in [5.74, 6) is 0.417. The van der Waals surface area contributed by atoms with Crippen molar-refractivity contribution in [1.82, 2.24) is 14.1 Å². The Morgan fingerprint density at radius 3 is 2.40 bits per heavy atom. The van der Waals surface area contributed by atoms with Crippen molar-refractivity contribution in [3.63, 3.8) is 0 Å². The van der Waals surface area contributed by atoms with Gasteiger partial charge in [-0.05, 0) is 68.5 Å². The number of sulfonamides is 1. The lowest BCUT2D eigenvalue weighted by Crippen LogP contribution is -2.41. The topological polar surface area (TPSA) is 84.3 Å². The van der Waals surface area contributed by atoms with Crippen LogP contribution in [-0.2, 0) is 22.9 Å². The highest BCUT2D eigenvalue weighted by molar-refractivity contribution is 7.89. The average molecular weight is 493 g/mol. The molecule has 1 aromatic heterocycles. The van der Waals surface area contributed by atoms with E-state index in [4.69, 9.17) is 5.10 Å². The van der Waals surface area contributed by atoms with E-state index < -0.39 is 10.0 Å². The molecule has 0 saturated heterocycles. The number of hydrogen-bond acceptors (Lipinski definition) is 4. The van der Waals surface area contributed by atoms with Crippen molar-refractivity contribution in [2.24, 2.45) is 0 Å². The quantitative estimate of drug-likeness (QED) is 0.505. The van der Waals surface area contributed by atoms with Crippen LogP contribution < -0.4 is 5.32 Å². The Hall–Kier alpha value is -2.97. The zero-order valence-corrected chi connectivity index (χ0v) is 20.9. The monoisotopic (exact) mass is 492 g/mol. The van der Waals surface area contributed by atoms with Gasteiger partial charge in [-0.15, -0.1) is 0 Å². The number of hydrogen-bond donors (Lipinski definition) is 1. The number of aryl methyl sites for hydroxylation is 1. The molecule has 0 aliphatic heterocycles. The van der Waals surface area contributed by atoms with E-state index in [9.17, 15) is 13.2 Å². The number of carbonyl (C=O) groups is 1. The molecule has 35 heavy (non-hydrogen) atoms. The normalized spacial score (nSPS) is 16.4. The minimum absolute atomic E-state index is 0.0575. The molecule has 184 valence electrons. The van der Waals surface area contributed by atoms with Crippen LogP contribution in [0, 0.1) is 0 Å². The van der Waals surface area contributed by atoms with Crippen LogP contribution in [0.15, 0.2) is 59.5 Å². The second-order valence-electron chi connectivity index (χ2n) is 9.35. The van der Waals surface area contributed by atoms with Crippen LogP contribution >= 0.6 is 0 Å². The number of fused-ring (bicyclic) bond motifs is 1. The molecule has 2 aliphatic carbocycles. The number of carbonyl (C=O) groups excluding carboxylic acids is 1. The molecule has 1 saturated carbocycles. The van der Waals surface area contributed by atoms with Gasteiger partial charge in [0.1, 0.15) is 5.82 Å². The van der Waals surface area contributed by atoms with Gasteiger partial charge in [0.2, 0.25) is 10.0 Å². The smallest absolute Gasteiger partial charge is 0.256 e. The lowest BCUT2D eigenvalue weighted by molar-refractivity contribution is 0.102. The molecule has 1 fully saturated rings. The minimum Gasteiger partial charge on any atom is -0.306 e. The molecule has 7 nitrogen and oxygen atoms in total. The fourth-order valence-corrected chi connectivity index (χ4v) is 7.06. The molecule has 0 spiro atoms. The third kappa shape index (κ3) is 4.65. The highest BCUT2D eigenvalue weighted by Gasteiger charge is 2.31. The van der Waals surface area contributed by atoms with Crippen molar-refractivity contribution in [1.29, 1.82) is 0 Å². The number of aromatic nitrogens is 2. The highest BCUT2D eigenvalue weighted by Crippen LogP contribution is 2.32. The van der Waals surface area contributed by atoms with E-state index in [-0.39, 0.29) is 16.8 Å². The van der Waals surface area contributed by atoms with Gasteiger partial charge in [-0.3, -0.25) is 4.79 Å². The lowest BCUT2D eigenvalue weighted by atomic mass is 9.95. The van der Waals surface area contributed by atoms with E-state index in [1.807, 2.05) is 37.3 Å². The second kappa shape index (κ2) is 9.95. The molecular weight excluding hydrogens is 460 g/mol. The molecule has 5 rings (SSSR count). The first-order chi connectivity index (χ1) is 17.0. The summed E-state index contributed by atoms with van der Waals surface area (Å²) in [6, 6.07) is 16.1. The summed E-state index contributed by atoms with van der Waals surface area (Å²) in [4.78, 5) is 13.4. The number of nitrogens with one attached hydrogen (secondary N) is 1. The number of rotatable bonds is 7. The Morgan fingerprint density at radius 1 is 1.00 bits per heavy atom. The van der Waals surface area contributed by atoms with Crippen LogP contribution in [0.4, 0.5) is 5.82 Å². The Bertz CT molecular complexity index is 1290. The van der Waals surface area contributed by atoms with E-state index >= 15 is 0 Å². The first-order valence-electron chi connectivity index (χ1n) is 12.6. The van der Waals surface area contributed by atoms with Gasteiger partial charge < -0.3 is 5.32 Å². The summed E-state index contributed by atoms with van der Waals surface area (Å²) < 4.78 is 30.1. The zero-order valence-electron chi connectivity index (χ0n) is 20.1. The maximum absolute atomic E-state index is 13.3. The van der Waals surface area contributed by atoms with Crippen LogP contribution in [0.25, 0.3) is 5.69 Å². The fourth-order valence-electron chi connectivity index (χ4n) is 5.36. The van der Waals surface area contributed by atoms with E-state index in [1.54, 1.807) is 33.3 Å². The van der Waals surface area contributed by atoms with Crippen LogP contribution in [0.5, 0.6) is 0 Å².